The maximum atomic E-state index is 11.8. The van der Waals surface area contributed by atoms with Crippen LogP contribution in [0.4, 0.5) is 0 Å². The lowest BCUT2D eigenvalue weighted by Gasteiger charge is -2.23. The molecule has 1 heterocycles. The number of rotatable bonds is 6. The minimum Gasteiger partial charge on any atom is -0.497 e. The van der Waals surface area contributed by atoms with Gasteiger partial charge in [-0.15, -0.1) is 0 Å². The second-order valence-electron chi connectivity index (χ2n) is 5.30. The van der Waals surface area contributed by atoms with Crippen LogP contribution in [0, 0.1) is 0 Å². The van der Waals surface area contributed by atoms with Crippen molar-refractivity contribution in [1.29, 1.82) is 0 Å². The average Bonchev–Trinajstić information content (AvgIpc) is 2.52. The Balaban J connectivity index is 1.66. The van der Waals surface area contributed by atoms with Crippen LogP contribution < -0.4 is 15.4 Å². The van der Waals surface area contributed by atoms with Gasteiger partial charge in [0.2, 0.25) is 5.91 Å². The van der Waals surface area contributed by atoms with E-state index in [4.69, 9.17) is 4.74 Å². The molecule has 1 aliphatic heterocycles. The molecule has 0 radical (unpaired) electrons. The first-order valence-electron chi connectivity index (χ1n) is 7.41. The third-order valence-corrected chi connectivity index (χ3v) is 3.76. The van der Waals surface area contributed by atoms with Gasteiger partial charge in [-0.25, -0.2) is 0 Å². The van der Waals surface area contributed by atoms with E-state index in [1.807, 2.05) is 24.3 Å². The van der Waals surface area contributed by atoms with Crippen LogP contribution in [0.5, 0.6) is 5.75 Å². The van der Waals surface area contributed by atoms with Gasteiger partial charge in [-0.1, -0.05) is 18.6 Å². The third-order valence-electron chi connectivity index (χ3n) is 3.76. The summed E-state index contributed by atoms with van der Waals surface area (Å²) in [6, 6.07) is 8.33. The Morgan fingerprint density at radius 1 is 1.35 bits per heavy atom. The van der Waals surface area contributed by atoms with E-state index >= 15 is 0 Å². The van der Waals surface area contributed by atoms with E-state index in [1.165, 1.54) is 19.3 Å². The van der Waals surface area contributed by atoms with E-state index in [-0.39, 0.29) is 5.91 Å². The summed E-state index contributed by atoms with van der Waals surface area (Å²) < 4.78 is 5.11. The molecule has 4 heteroatoms. The van der Waals surface area contributed by atoms with Gasteiger partial charge in [0.1, 0.15) is 5.75 Å². The average molecular weight is 276 g/mol. The molecule has 1 aromatic carbocycles. The summed E-state index contributed by atoms with van der Waals surface area (Å²) >= 11 is 0. The van der Waals surface area contributed by atoms with Crippen LogP contribution in [0.2, 0.25) is 0 Å². The first-order chi connectivity index (χ1) is 9.78. The molecule has 1 atom stereocenters. The van der Waals surface area contributed by atoms with Gasteiger partial charge in [-0.05, 0) is 43.5 Å². The minimum atomic E-state index is 0.133. The van der Waals surface area contributed by atoms with Crippen LogP contribution in [-0.2, 0) is 11.2 Å². The molecule has 1 saturated heterocycles. The summed E-state index contributed by atoms with van der Waals surface area (Å²) in [5.41, 5.74) is 1.16. The number of carbonyl (C=O) groups excluding carboxylic acids is 1. The van der Waals surface area contributed by atoms with Crippen LogP contribution in [0.15, 0.2) is 24.3 Å². The minimum absolute atomic E-state index is 0.133. The molecule has 110 valence electrons. The molecule has 1 unspecified atom stereocenters. The smallest absolute Gasteiger partial charge is 0.220 e. The lowest BCUT2D eigenvalue weighted by atomic mass is 10.0. The fourth-order valence-corrected chi connectivity index (χ4v) is 2.47. The Hall–Kier alpha value is -1.55. The first-order valence-corrected chi connectivity index (χ1v) is 7.41. The van der Waals surface area contributed by atoms with Crippen LogP contribution in [0.1, 0.15) is 31.2 Å². The second-order valence-corrected chi connectivity index (χ2v) is 5.30. The summed E-state index contributed by atoms with van der Waals surface area (Å²) in [5, 5.41) is 6.45. The van der Waals surface area contributed by atoms with Crippen molar-refractivity contribution in [3.05, 3.63) is 29.8 Å². The van der Waals surface area contributed by atoms with Gasteiger partial charge < -0.3 is 15.4 Å². The number of ether oxygens (including phenoxy) is 1. The number of aryl methyl sites for hydroxylation is 1. The number of hydrogen-bond donors (Lipinski definition) is 2. The summed E-state index contributed by atoms with van der Waals surface area (Å²) in [6.07, 6.45) is 4.99. The molecule has 20 heavy (non-hydrogen) atoms. The van der Waals surface area contributed by atoms with Gasteiger partial charge in [-0.3, -0.25) is 4.79 Å². The second kappa shape index (κ2) is 7.90. The lowest BCUT2D eigenvalue weighted by Crippen LogP contribution is -2.43. The van der Waals surface area contributed by atoms with Crippen molar-refractivity contribution >= 4 is 5.91 Å². The van der Waals surface area contributed by atoms with Crippen LogP contribution in [-0.4, -0.2) is 32.1 Å². The quantitative estimate of drug-likeness (QED) is 0.834. The Morgan fingerprint density at radius 2 is 2.15 bits per heavy atom. The largest absolute Gasteiger partial charge is 0.497 e. The highest BCUT2D eigenvalue weighted by Crippen LogP contribution is 2.12. The zero-order valence-corrected chi connectivity index (χ0v) is 12.2. The van der Waals surface area contributed by atoms with Gasteiger partial charge in [0.05, 0.1) is 7.11 Å². The fraction of sp³-hybridized carbons (Fsp3) is 0.562. The van der Waals surface area contributed by atoms with Crippen molar-refractivity contribution in [2.45, 2.75) is 38.1 Å². The molecule has 2 rings (SSSR count). The van der Waals surface area contributed by atoms with Gasteiger partial charge in [-0.2, -0.15) is 0 Å². The SMILES string of the molecule is COc1ccc(CCC(=O)NCC2CCCCN2)cc1. The molecule has 1 fully saturated rings. The molecule has 1 amide bonds. The molecular formula is C16H24N2O2. The first kappa shape index (κ1) is 14.9. The molecule has 0 aromatic heterocycles. The molecule has 2 N–H and O–H groups in total. The predicted octanol–water partition coefficient (Wildman–Crippen LogP) is 1.89. The Labute approximate surface area is 120 Å². The molecule has 1 aliphatic rings. The molecule has 0 saturated carbocycles. The number of piperidine rings is 1. The topological polar surface area (TPSA) is 50.4 Å². The monoisotopic (exact) mass is 276 g/mol. The summed E-state index contributed by atoms with van der Waals surface area (Å²) in [4.78, 5) is 11.8. The maximum Gasteiger partial charge on any atom is 0.220 e. The van der Waals surface area contributed by atoms with Crippen LogP contribution in [0.3, 0.4) is 0 Å². The molecule has 0 spiro atoms. The van der Waals surface area contributed by atoms with E-state index in [0.29, 0.717) is 12.5 Å². The van der Waals surface area contributed by atoms with Gasteiger partial charge in [0, 0.05) is 19.0 Å². The normalized spacial score (nSPS) is 18.6. The molecule has 1 aromatic rings. The zero-order valence-electron chi connectivity index (χ0n) is 12.2. The summed E-state index contributed by atoms with van der Waals surface area (Å²) in [5.74, 6) is 0.981. The number of amides is 1. The number of benzene rings is 1. The van der Waals surface area contributed by atoms with Crippen molar-refractivity contribution < 1.29 is 9.53 Å². The van der Waals surface area contributed by atoms with E-state index < -0.39 is 0 Å². The Morgan fingerprint density at radius 3 is 2.80 bits per heavy atom. The standard InChI is InChI=1S/C16H24N2O2/c1-20-15-8-5-13(6-9-15)7-10-16(19)18-12-14-4-2-3-11-17-14/h5-6,8-9,14,17H,2-4,7,10-12H2,1H3,(H,18,19). The highest BCUT2D eigenvalue weighted by Gasteiger charge is 2.13. The van der Waals surface area contributed by atoms with E-state index in [2.05, 4.69) is 10.6 Å². The van der Waals surface area contributed by atoms with E-state index in [0.717, 1.165) is 30.8 Å². The molecule has 0 bridgehead atoms. The van der Waals surface area contributed by atoms with Crippen molar-refractivity contribution in [2.75, 3.05) is 20.2 Å². The van der Waals surface area contributed by atoms with Crippen molar-refractivity contribution in [3.63, 3.8) is 0 Å². The number of carbonyl (C=O) groups is 1. The molecule has 0 aliphatic carbocycles. The molecular weight excluding hydrogens is 252 g/mol. The predicted molar refractivity (Wildman–Crippen MR) is 80.0 cm³/mol. The molecule has 4 nitrogen and oxygen atoms in total. The highest BCUT2D eigenvalue weighted by atomic mass is 16.5. The van der Waals surface area contributed by atoms with E-state index in [1.54, 1.807) is 7.11 Å². The highest BCUT2D eigenvalue weighted by molar-refractivity contribution is 5.76. The number of methoxy groups -OCH3 is 1. The van der Waals surface area contributed by atoms with Crippen molar-refractivity contribution in [3.8, 4) is 5.75 Å². The van der Waals surface area contributed by atoms with Crippen LogP contribution >= 0.6 is 0 Å². The number of hydrogen-bond acceptors (Lipinski definition) is 3. The van der Waals surface area contributed by atoms with Crippen molar-refractivity contribution in [1.82, 2.24) is 10.6 Å². The summed E-state index contributed by atoms with van der Waals surface area (Å²) in [7, 11) is 1.65. The lowest BCUT2D eigenvalue weighted by molar-refractivity contribution is -0.121. The van der Waals surface area contributed by atoms with E-state index in [9.17, 15) is 4.79 Å². The van der Waals surface area contributed by atoms with Gasteiger partial charge in [0.25, 0.3) is 0 Å². The number of nitrogens with one attached hydrogen (secondary N) is 2. The maximum absolute atomic E-state index is 11.8. The Bertz CT molecular complexity index is 411. The fourth-order valence-electron chi connectivity index (χ4n) is 2.47. The zero-order chi connectivity index (χ0) is 14.2. The van der Waals surface area contributed by atoms with Crippen LogP contribution in [0.25, 0.3) is 0 Å². The third kappa shape index (κ3) is 4.85. The summed E-state index contributed by atoms with van der Waals surface area (Å²) in [6.45, 7) is 1.83. The Kier molecular flexibility index (Phi) is 5.87. The van der Waals surface area contributed by atoms with Crippen molar-refractivity contribution in [2.24, 2.45) is 0 Å². The van der Waals surface area contributed by atoms with Gasteiger partial charge >= 0.3 is 0 Å². The van der Waals surface area contributed by atoms with Gasteiger partial charge in [0.15, 0.2) is 0 Å².